The van der Waals surface area contributed by atoms with Crippen LogP contribution in [0.3, 0.4) is 0 Å². The van der Waals surface area contributed by atoms with Crippen LogP contribution in [-0.4, -0.2) is 43.5 Å². The zero-order valence-electron chi connectivity index (χ0n) is 15.0. The molecule has 0 saturated carbocycles. The van der Waals surface area contributed by atoms with Gasteiger partial charge < -0.3 is 15.0 Å². The van der Waals surface area contributed by atoms with Crippen molar-refractivity contribution in [3.05, 3.63) is 35.4 Å². The second-order valence-corrected chi connectivity index (χ2v) is 7.10. The number of carbonyl (C=O) groups excluding carboxylic acids is 2. The van der Waals surface area contributed by atoms with Crippen LogP contribution in [0.15, 0.2) is 24.3 Å². The molecular formula is C20H28N2O3. The SMILES string of the molecule is CN1CC[C@@H](C(=O)NCCCO[C@H]2CCCc3ccccc32)CC1=O. The molecule has 2 atom stereocenters. The van der Waals surface area contributed by atoms with Crippen LogP contribution in [0, 0.1) is 5.92 Å². The first-order chi connectivity index (χ1) is 12.1. The number of amides is 2. The number of carbonyl (C=O) groups is 2. The van der Waals surface area contributed by atoms with Crippen molar-refractivity contribution in [1.82, 2.24) is 10.2 Å². The monoisotopic (exact) mass is 344 g/mol. The summed E-state index contributed by atoms with van der Waals surface area (Å²) >= 11 is 0. The third-order valence-corrected chi connectivity index (χ3v) is 5.28. The van der Waals surface area contributed by atoms with Crippen LogP contribution in [-0.2, 0) is 20.7 Å². The summed E-state index contributed by atoms with van der Waals surface area (Å²) in [5.74, 6) is -0.106. The Bertz CT molecular complexity index is 617. The lowest BCUT2D eigenvalue weighted by molar-refractivity contribution is -0.139. The maximum atomic E-state index is 12.2. The van der Waals surface area contributed by atoms with Gasteiger partial charge in [0.15, 0.2) is 0 Å². The van der Waals surface area contributed by atoms with Gasteiger partial charge in [0, 0.05) is 39.1 Å². The van der Waals surface area contributed by atoms with E-state index in [1.54, 1.807) is 11.9 Å². The van der Waals surface area contributed by atoms with E-state index < -0.39 is 0 Å². The predicted octanol–water partition coefficient (Wildman–Crippen LogP) is 2.46. The highest BCUT2D eigenvalue weighted by molar-refractivity contribution is 5.86. The second-order valence-electron chi connectivity index (χ2n) is 7.10. The van der Waals surface area contributed by atoms with Gasteiger partial charge in [-0.3, -0.25) is 9.59 Å². The molecule has 136 valence electrons. The van der Waals surface area contributed by atoms with E-state index in [0.29, 0.717) is 26.1 Å². The first-order valence-electron chi connectivity index (χ1n) is 9.36. The number of fused-ring (bicyclic) bond motifs is 1. The third-order valence-electron chi connectivity index (χ3n) is 5.28. The van der Waals surface area contributed by atoms with Crippen LogP contribution in [0.25, 0.3) is 0 Å². The van der Waals surface area contributed by atoms with Gasteiger partial charge in [0.1, 0.15) is 0 Å². The minimum Gasteiger partial charge on any atom is -0.373 e. The summed E-state index contributed by atoms with van der Waals surface area (Å²) in [6, 6.07) is 8.51. The molecule has 1 aliphatic heterocycles. The van der Waals surface area contributed by atoms with Gasteiger partial charge in [-0.25, -0.2) is 0 Å². The average Bonchev–Trinajstić information content (AvgIpc) is 2.63. The number of hydrogen-bond donors (Lipinski definition) is 1. The average molecular weight is 344 g/mol. The minimum absolute atomic E-state index is 0.00413. The molecule has 5 heteroatoms. The molecule has 5 nitrogen and oxygen atoms in total. The molecule has 0 spiro atoms. The quantitative estimate of drug-likeness (QED) is 0.807. The zero-order valence-corrected chi connectivity index (χ0v) is 15.0. The zero-order chi connectivity index (χ0) is 17.6. The molecule has 1 heterocycles. The van der Waals surface area contributed by atoms with E-state index in [1.807, 2.05) is 0 Å². The molecule has 1 aromatic rings. The Morgan fingerprint density at radius 1 is 1.32 bits per heavy atom. The van der Waals surface area contributed by atoms with E-state index in [2.05, 4.69) is 29.6 Å². The Hall–Kier alpha value is -1.88. The number of aryl methyl sites for hydroxylation is 1. The number of likely N-dealkylation sites (tertiary alicyclic amines) is 1. The molecule has 1 fully saturated rings. The fourth-order valence-electron chi connectivity index (χ4n) is 3.70. The highest BCUT2D eigenvalue weighted by Crippen LogP contribution is 2.32. The number of benzene rings is 1. The molecule has 1 N–H and O–H groups in total. The van der Waals surface area contributed by atoms with Crippen molar-refractivity contribution in [2.45, 2.75) is 44.6 Å². The van der Waals surface area contributed by atoms with Gasteiger partial charge in [0.25, 0.3) is 0 Å². The lowest BCUT2D eigenvalue weighted by Gasteiger charge is -2.28. The number of rotatable bonds is 6. The maximum Gasteiger partial charge on any atom is 0.223 e. The molecule has 2 amide bonds. The molecule has 1 saturated heterocycles. The van der Waals surface area contributed by atoms with Crippen molar-refractivity contribution in [2.75, 3.05) is 26.7 Å². The summed E-state index contributed by atoms with van der Waals surface area (Å²) in [7, 11) is 1.79. The van der Waals surface area contributed by atoms with Gasteiger partial charge in [0.2, 0.25) is 11.8 Å². The topological polar surface area (TPSA) is 58.6 Å². The number of piperidine rings is 1. The lowest BCUT2D eigenvalue weighted by Crippen LogP contribution is -2.42. The highest BCUT2D eigenvalue weighted by Gasteiger charge is 2.28. The molecular weight excluding hydrogens is 316 g/mol. The Labute approximate surface area is 149 Å². The summed E-state index contributed by atoms with van der Waals surface area (Å²) < 4.78 is 6.06. The normalized spacial score (nSPS) is 23.2. The van der Waals surface area contributed by atoms with Crippen molar-refractivity contribution in [1.29, 1.82) is 0 Å². The van der Waals surface area contributed by atoms with E-state index >= 15 is 0 Å². The van der Waals surface area contributed by atoms with Crippen LogP contribution < -0.4 is 5.32 Å². The Morgan fingerprint density at radius 3 is 3.00 bits per heavy atom. The first kappa shape index (κ1) is 17.9. The van der Waals surface area contributed by atoms with E-state index in [-0.39, 0.29) is 23.8 Å². The van der Waals surface area contributed by atoms with Crippen molar-refractivity contribution in [3.63, 3.8) is 0 Å². The van der Waals surface area contributed by atoms with Crippen LogP contribution >= 0.6 is 0 Å². The van der Waals surface area contributed by atoms with Gasteiger partial charge >= 0.3 is 0 Å². The summed E-state index contributed by atoms with van der Waals surface area (Å²) in [4.78, 5) is 25.5. The third kappa shape index (κ3) is 4.60. The summed E-state index contributed by atoms with van der Waals surface area (Å²) in [6.07, 6.45) is 5.45. The number of nitrogens with one attached hydrogen (secondary N) is 1. The minimum atomic E-state index is -0.171. The fraction of sp³-hybridized carbons (Fsp3) is 0.600. The molecule has 0 unspecified atom stereocenters. The molecule has 0 radical (unpaired) electrons. The second kappa shape index (κ2) is 8.48. The number of nitrogens with zero attached hydrogens (tertiary/aromatic N) is 1. The van der Waals surface area contributed by atoms with Gasteiger partial charge in [0.05, 0.1) is 6.10 Å². The van der Waals surface area contributed by atoms with Crippen LogP contribution in [0.4, 0.5) is 0 Å². The molecule has 25 heavy (non-hydrogen) atoms. The summed E-state index contributed by atoms with van der Waals surface area (Å²) in [5, 5.41) is 2.95. The van der Waals surface area contributed by atoms with Gasteiger partial charge in [-0.1, -0.05) is 24.3 Å². The molecule has 1 aromatic carbocycles. The molecule has 0 bridgehead atoms. The molecule has 2 aliphatic rings. The fourth-order valence-corrected chi connectivity index (χ4v) is 3.70. The molecule has 3 rings (SSSR count). The van der Waals surface area contributed by atoms with E-state index in [9.17, 15) is 9.59 Å². The van der Waals surface area contributed by atoms with Crippen LogP contribution in [0.2, 0.25) is 0 Å². The lowest BCUT2D eigenvalue weighted by atomic mass is 9.89. The van der Waals surface area contributed by atoms with E-state index in [0.717, 1.165) is 25.7 Å². The van der Waals surface area contributed by atoms with E-state index in [1.165, 1.54) is 17.5 Å². The Kier molecular flexibility index (Phi) is 6.08. The predicted molar refractivity (Wildman–Crippen MR) is 96.1 cm³/mol. The number of ether oxygens (including phenoxy) is 1. The highest BCUT2D eigenvalue weighted by atomic mass is 16.5. The largest absolute Gasteiger partial charge is 0.373 e. The van der Waals surface area contributed by atoms with Crippen molar-refractivity contribution >= 4 is 11.8 Å². The van der Waals surface area contributed by atoms with Crippen molar-refractivity contribution < 1.29 is 14.3 Å². The summed E-state index contributed by atoms with van der Waals surface area (Å²) in [5.41, 5.74) is 2.72. The van der Waals surface area contributed by atoms with Crippen molar-refractivity contribution in [3.8, 4) is 0 Å². The maximum absolute atomic E-state index is 12.2. The van der Waals surface area contributed by atoms with Crippen molar-refractivity contribution in [2.24, 2.45) is 5.92 Å². The Morgan fingerprint density at radius 2 is 2.16 bits per heavy atom. The van der Waals surface area contributed by atoms with Crippen LogP contribution in [0.5, 0.6) is 0 Å². The van der Waals surface area contributed by atoms with Gasteiger partial charge in [-0.05, 0) is 43.2 Å². The smallest absolute Gasteiger partial charge is 0.223 e. The summed E-state index contributed by atoms with van der Waals surface area (Å²) in [6.45, 7) is 1.92. The van der Waals surface area contributed by atoms with E-state index in [4.69, 9.17) is 4.74 Å². The van der Waals surface area contributed by atoms with Crippen LogP contribution in [0.1, 0.15) is 49.3 Å². The Balaban J connectivity index is 1.36. The molecule has 1 aliphatic carbocycles. The van der Waals surface area contributed by atoms with Gasteiger partial charge in [-0.15, -0.1) is 0 Å². The standard InChI is InChI=1S/C20H28N2O3/c1-22-12-10-16(14-19(22)23)20(24)21-11-5-13-25-18-9-4-7-15-6-2-3-8-17(15)18/h2-3,6,8,16,18H,4-5,7,9-14H2,1H3,(H,21,24)/t16-,18+/m1/s1. The number of hydrogen-bond acceptors (Lipinski definition) is 3. The first-order valence-corrected chi connectivity index (χ1v) is 9.36. The molecule has 0 aromatic heterocycles. The van der Waals surface area contributed by atoms with Gasteiger partial charge in [-0.2, -0.15) is 0 Å².